The molecule has 5 saturated carbocycles. The minimum absolute atomic E-state index is 0.0767. The van der Waals surface area contributed by atoms with Crippen molar-refractivity contribution >= 4 is 11.8 Å². The number of carbonyl (C=O) groups excluding carboxylic acids is 2. The van der Waals surface area contributed by atoms with E-state index in [0.717, 1.165) is 23.7 Å². The van der Waals surface area contributed by atoms with Gasteiger partial charge in [-0.2, -0.15) is 0 Å². The Balaban J connectivity index is 1.45. The lowest BCUT2D eigenvalue weighted by Crippen LogP contribution is -2.41. The van der Waals surface area contributed by atoms with E-state index < -0.39 is 0 Å². The third-order valence-electron chi connectivity index (χ3n) is 8.17. The molecule has 0 aromatic carbocycles. The van der Waals surface area contributed by atoms with Crippen molar-refractivity contribution in [1.29, 1.82) is 0 Å². The molecule has 126 valence electrons. The van der Waals surface area contributed by atoms with Crippen LogP contribution in [0.3, 0.4) is 0 Å². The number of rotatable bonds is 1. The molecule has 3 heteroatoms. The SMILES string of the molecule is CCN1C(=O)[C@@H]2[C@H](C1=O)[C@H]1C=C[C@@H]2C1=C1C2CC3CC(C2)CC1C3. The Morgan fingerprint density at radius 3 is 1.79 bits per heavy atom. The topological polar surface area (TPSA) is 37.4 Å². The third-order valence-corrected chi connectivity index (χ3v) is 8.17. The fraction of sp³-hybridized carbons (Fsp3) is 0.714. The molecule has 6 bridgehead atoms. The van der Waals surface area contributed by atoms with Gasteiger partial charge in [-0.05, 0) is 62.7 Å². The molecule has 7 rings (SSSR count). The zero-order valence-electron chi connectivity index (χ0n) is 14.3. The summed E-state index contributed by atoms with van der Waals surface area (Å²) in [7, 11) is 0. The van der Waals surface area contributed by atoms with Crippen LogP contribution in [0.5, 0.6) is 0 Å². The van der Waals surface area contributed by atoms with Crippen LogP contribution in [0.2, 0.25) is 0 Å². The molecule has 4 atom stereocenters. The highest BCUT2D eigenvalue weighted by atomic mass is 16.2. The zero-order chi connectivity index (χ0) is 16.2. The van der Waals surface area contributed by atoms with Crippen LogP contribution in [0, 0.1) is 47.3 Å². The Labute approximate surface area is 143 Å². The van der Waals surface area contributed by atoms with Crippen molar-refractivity contribution in [1.82, 2.24) is 4.90 Å². The number of likely N-dealkylation sites (tertiary alicyclic amines) is 1. The molecular weight excluding hydrogens is 298 g/mol. The van der Waals surface area contributed by atoms with Crippen LogP contribution in [-0.4, -0.2) is 23.3 Å². The van der Waals surface area contributed by atoms with Crippen molar-refractivity contribution in [2.75, 3.05) is 6.54 Å². The van der Waals surface area contributed by atoms with Crippen molar-refractivity contribution < 1.29 is 9.59 Å². The van der Waals surface area contributed by atoms with Crippen LogP contribution in [0.25, 0.3) is 0 Å². The number of carbonyl (C=O) groups is 2. The second kappa shape index (κ2) is 4.42. The molecule has 0 spiro atoms. The van der Waals surface area contributed by atoms with E-state index in [-0.39, 0.29) is 35.5 Å². The highest BCUT2D eigenvalue weighted by molar-refractivity contribution is 6.07. The Morgan fingerprint density at radius 1 is 0.833 bits per heavy atom. The van der Waals surface area contributed by atoms with E-state index in [1.54, 1.807) is 5.57 Å². The van der Waals surface area contributed by atoms with Gasteiger partial charge in [0.2, 0.25) is 11.8 Å². The van der Waals surface area contributed by atoms with E-state index in [0.29, 0.717) is 6.54 Å². The molecule has 3 nitrogen and oxygen atoms in total. The Hall–Kier alpha value is -1.38. The number of hydrogen-bond acceptors (Lipinski definition) is 2. The van der Waals surface area contributed by atoms with Gasteiger partial charge in [-0.25, -0.2) is 0 Å². The fourth-order valence-electron chi connectivity index (χ4n) is 7.68. The number of allylic oxidation sites excluding steroid dienone is 4. The lowest BCUT2D eigenvalue weighted by molar-refractivity contribution is -0.140. The number of fused-ring (bicyclic) bond motifs is 5. The molecule has 0 unspecified atom stereocenters. The lowest BCUT2D eigenvalue weighted by atomic mass is 9.53. The number of imide groups is 1. The molecule has 0 radical (unpaired) electrons. The summed E-state index contributed by atoms with van der Waals surface area (Å²) in [6.07, 6.45) is 11.5. The van der Waals surface area contributed by atoms with E-state index in [4.69, 9.17) is 0 Å². The van der Waals surface area contributed by atoms with Crippen molar-refractivity contribution in [2.24, 2.45) is 47.3 Å². The molecule has 7 aliphatic rings. The van der Waals surface area contributed by atoms with Gasteiger partial charge >= 0.3 is 0 Å². The molecule has 24 heavy (non-hydrogen) atoms. The molecule has 0 aromatic rings. The lowest BCUT2D eigenvalue weighted by Gasteiger charge is -2.52. The molecule has 2 amide bonds. The third kappa shape index (κ3) is 1.46. The van der Waals surface area contributed by atoms with Crippen molar-refractivity contribution in [2.45, 2.75) is 39.0 Å². The van der Waals surface area contributed by atoms with Gasteiger partial charge in [0.25, 0.3) is 0 Å². The smallest absolute Gasteiger partial charge is 0.234 e. The van der Waals surface area contributed by atoms with Gasteiger partial charge in [-0.1, -0.05) is 23.3 Å². The van der Waals surface area contributed by atoms with Crippen LogP contribution in [0.15, 0.2) is 23.3 Å². The summed E-state index contributed by atoms with van der Waals surface area (Å²) in [5.41, 5.74) is 3.26. The predicted molar refractivity (Wildman–Crippen MR) is 89.6 cm³/mol. The van der Waals surface area contributed by atoms with Gasteiger partial charge in [0.1, 0.15) is 0 Å². The first-order valence-electron chi connectivity index (χ1n) is 9.94. The van der Waals surface area contributed by atoms with Crippen molar-refractivity contribution in [3.05, 3.63) is 23.3 Å². The van der Waals surface area contributed by atoms with E-state index in [1.807, 2.05) is 6.92 Å². The average Bonchev–Trinajstić information content (AvgIpc) is 3.17. The maximum atomic E-state index is 12.8. The monoisotopic (exact) mass is 323 g/mol. The first kappa shape index (κ1) is 13.9. The predicted octanol–water partition coefficient (Wildman–Crippen LogP) is 3.18. The first-order chi connectivity index (χ1) is 11.7. The van der Waals surface area contributed by atoms with Crippen LogP contribution < -0.4 is 0 Å². The molecule has 0 aromatic heterocycles. The summed E-state index contributed by atoms with van der Waals surface area (Å²) < 4.78 is 0. The van der Waals surface area contributed by atoms with Gasteiger partial charge < -0.3 is 0 Å². The highest BCUT2D eigenvalue weighted by Crippen LogP contribution is 2.63. The molecule has 1 aliphatic heterocycles. The van der Waals surface area contributed by atoms with Crippen LogP contribution in [0.4, 0.5) is 0 Å². The molecule has 1 heterocycles. The van der Waals surface area contributed by atoms with E-state index >= 15 is 0 Å². The van der Waals surface area contributed by atoms with E-state index in [1.165, 1.54) is 42.6 Å². The van der Waals surface area contributed by atoms with Crippen molar-refractivity contribution in [3.63, 3.8) is 0 Å². The average molecular weight is 323 g/mol. The standard InChI is InChI=1S/C21H25NO2/c1-2-22-20(23)18-14-3-4-15(19(18)21(22)24)17(14)16-12-6-10-5-11(8-12)9-13(16)7-10/h3-4,10-15,18-19H,2,5-9H2,1H3/t10?,11?,12?,13?,14-,15+,18+,19-. The molecule has 0 N–H and O–H groups in total. The fourth-order valence-corrected chi connectivity index (χ4v) is 7.68. The minimum Gasteiger partial charge on any atom is -0.282 e. The summed E-state index contributed by atoms with van der Waals surface area (Å²) in [6.45, 7) is 2.45. The zero-order valence-corrected chi connectivity index (χ0v) is 14.3. The van der Waals surface area contributed by atoms with Gasteiger partial charge in [0.15, 0.2) is 0 Å². The summed E-state index contributed by atoms with van der Waals surface area (Å²) in [5, 5.41) is 0. The normalized spacial score (nSPS) is 50.6. The summed E-state index contributed by atoms with van der Waals surface area (Å²) >= 11 is 0. The summed E-state index contributed by atoms with van der Waals surface area (Å²) in [4.78, 5) is 27.1. The quantitative estimate of drug-likeness (QED) is 0.549. The van der Waals surface area contributed by atoms with Gasteiger partial charge in [-0.15, -0.1) is 0 Å². The van der Waals surface area contributed by atoms with Crippen LogP contribution in [0.1, 0.15) is 39.0 Å². The Kier molecular flexibility index (Phi) is 2.55. The highest BCUT2D eigenvalue weighted by Gasteiger charge is 2.62. The number of hydrogen-bond donors (Lipinski definition) is 0. The summed E-state index contributed by atoms with van der Waals surface area (Å²) in [6, 6.07) is 0. The summed E-state index contributed by atoms with van der Waals surface area (Å²) in [5.74, 6) is 3.99. The van der Waals surface area contributed by atoms with Gasteiger partial charge in [0.05, 0.1) is 11.8 Å². The minimum atomic E-state index is -0.0767. The Morgan fingerprint density at radius 2 is 1.33 bits per heavy atom. The molecular formula is C21H25NO2. The van der Waals surface area contributed by atoms with E-state index in [2.05, 4.69) is 12.2 Å². The molecule has 6 aliphatic carbocycles. The first-order valence-corrected chi connectivity index (χ1v) is 9.94. The number of amides is 2. The second-order valence-corrected chi connectivity index (χ2v) is 9.12. The maximum absolute atomic E-state index is 12.8. The molecule has 6 fully saturated rings. The van der Waals surface area contributed by atoms with Gasteiger partial charge in [0, 0.05) is 18.4 Å². The van der Waals surface area contributed by atoms with Crippen LogP contribution in [-0.2, 0) is 9.59 Å². The number of nitrogens with zero attached hydrogens (tertiary/aromatic N) is 1. The largest absolute Gasteiger partial charge is 0.282 e. The Bertz CT molecular complexity index is 653. The maximum Gasteiger partial charge on any atom is 0.234 e. The molecule has 1 saturated heterocycles. The van der Waals surface area contributed by atoms with Crippen LogP contribution >= 0.6 is 0 Å². The van der Waals surface area contributed by atoms with Gasteiger partial charge in [-0.3, -0.25) is 14.5 Å². The second-order valence-electron chi connectivity index (χ2n) is 9.12. The van der Waals surface area contributed by atoms with E-state index in [9.17, 15) is 9.59 Å². The van der Waals surface area contributed by atoms with Crippen molar-refractivity contribution in [3.8, 4) is 0 Å².